The van der Waals surface area contributed by atoms with Crippen LogP contribution in [0.5, 0.6) is 0 Å². The predicted molar refractivity (Wildman–Crippen MR) is 218 cm³/mol. The first-order chi connectivity index (χ1) is 25.2. The maximum absolute atomic E-state index is 5.54. The van der Waals surface area contributed by atoms with E-state index in [4.69, 9.17) is 11.6 Å². The van der Waals surface area contributed by atoms with E-state index in [1.807, 2.05) is 11.3 Å². The van der Waals surface area contributed by atoms with E-state index in [0.29, 0.717) is 0 Å². The molecule has 1 unspecified atom stereocenters. The molecule has 0 saturated carbocycles. The molecule has 10 rings (SSSR count). The average molecular weight is 674 g/mol. The van der Waals surface area contributed by atoms with Crippen molar-refractivity contribution in [3.8, 4) is 5.69 Å². The SMILES string of the molecule is C=C1/N=C(/c2cccc3c2sc2ccccc23)NC(c2ccccc2)CCCc2cccc3c4ccccc4n(c23)-c2cc3ccccc3cc21. The zero-order valence-electron chi connectivity index (χ0n) is 28.1. The number of aliphatic imine (C=N–C) groups is 1. The van der Waals surface area contributed by atoms with E-state index >= 15 is 0 Å². The highest BCUT2D eigenvalue weighted by Gasteiger charge is 2.23. The van der Waals surface area contributed by atoms with Gasteiger partial charge in [-0.05, 0) is 71.5 Å². The molecular formula is C47H35N3S. The molecule has 3 heterocycles. The van der Waals surface area contributed by atoms with E-state index in [0.717, 1.165) is 47.6 Å². The summed E-state index contributed by atoms with van der Waals surface area (Å²) in [6.45, 7) is 4.76. The summed E-state index contributed by atoms with van der Waals surface area (Å²) in [5, 5.41) is 11.5. The average Bonchev–Trinajstić information content (AvgIpc) is 3.73. The first-order valence-corrected chi connectivity index (χ1v) is 18.6. The van der Waals surface area contributed by atoms with Gasteiger partial charge in [0.25, 0.3) is 0 Å². The molecule has 0 radical (unpaired) electrons. The molecule has 1 atom stereocenters. The number of nitrogens with zero attached hydrogens (tertiary/aromatic N) is 2. The van der Waals surface area contributed by atoms with Gasteiger partial charge in [0.2, 0.25) is 0 Å². The molecule has 0 aliphatic carbocycles. The minimum Gasteiger partial charge on any atom is -0.363 e. The fraction of sp³-hybridized carbons (Fsp3) is 0.0851. The van der Waals surface area contributed by atoms with Crippen LogP contribution in [-0.4, -0.2) is 10.4 Å². The van der Waals surface area contributed by atoms with Gasteiger partial charge in [-0.3, -0.25) is 0 Å². The van der Waals surface area contributed by atoms with E-state index < -0.39 is 0 Å². The lowest BCUT2D eigenvalue weighted by molar-refractivity contribution is 0.563. The first kappa shape index (κ1) is 29.9. The number of hydrogen-bond acceptors (Lipinski definition) is 3. The smallest absolute Gasteiger partial charge is 0.135 e. The maximum Gasteiger partial charge on any atom is 0.135 e. The number of nitrogens with one attached hydrogen (secondary N) is 1. The highest BCUT2D eigenvalue weighted by Crippen LogP contribution is 2.40. The summed E-state index contributed by atoms with van der Waals surface area (Å²) < 4.78 is 4.99. The standard InChI is InChI=1S/C47H35N3S/c1-30-40-28-33-16-5-6-17-34(33)29-43(40)50-42-26-9-7-20-35(42)37-22-11-18-32(45(37)50)19-12-25-41(31-14-3-2-4-15-31)49-47(48-30)39-24-13-23-38-36-21-8-10-27-44(36)51-46(38)39/h2-11,13-18,20-24,26-29,41H,1,12,19,25H2,(H,48,49). The molecule has 9 aromatic rings. The summed E-state index contributed by atoms with van der Waals surface area (Å²) in [5.74, 6) is 0.851. The molecule has 244 valence electrons. The normalized spacial score (nSPS) is 16.4. The molecule has 4 heteroatoms. The molecule has 3 nitrogen and oxygen atoms in total. The molecular weight excluding hydrogens is 639 g/mol. The Labute approximate surface area is 300 Å². The summed E-state index contributed by atoms with van der Waals surface area (Å²) in [7, 11) is 0. The number of amidine groups is 1. The minimum atomic E-state index is 0.0595. The van der Waals surface area contributed by atoms with Crippen LogP contribution in [0, 0.1) is 0 Å². The van der Waals surface area contributed by atoms with Gasteiger partial charge in [-0.2, -0.15) is 0 Å². The third kappa shape index (κ3) is 4.98. The third-order valence-electron chi connectivity index (χ3n) is 10.6. The van der Waals surface area contributed by atoms with Crippen molar-refractivity contribution in [1.29, 1.82) is 0 Å². The fourth-order valence-electron chi connectivity index (χ4n) is 8.15. The Morgan fingerprint density at radius 1 is 0.647 bits per heavy atom. The van der Waals surface area contributed by atoms with Crippen molar-refractivity contribution in [2.75, 3.05) is 0 Å². The first-order valence-electron chi connectivity index (χ1n) is 17.8. The summed E-state index contributed by atoms with van der Waals surface area (Å²) in [5.41, 5.74) is 9.02. The van der Waals surface area contributed by atoms with Crippen molar-refractivity contribution in [2.45, 2.75) is 25.3 Å². The zero-order valence-corrected chi connectivity index (χ0v) is 29.0. The summed E-state index contributed by atoms with van der Waals surface area (Å²) in [4.78, 5) is 5.54. The van der Waals surface area contributed by atoms with Crippen LogP contribution >= 0.6 is 11.3 Å². The highest BCUT2D eigenvalue weighted by atomic mass is 32.1. The van der Waals surface area contributed by atoms with Crippen LogP contribution in [0.4, 0.5) is 0 Å². The van der Waals surface area contributed by atoms with E-state index in [1.165, 1.54) is 63.9 Å². The molecule has 0 saturated heterocycles. The Hall–Kier alpha value is -5.97. The maximum atomic E-state index is 5.54. The largest absolute Gasteiger partial charge is 0.363 e. The van der Waals surface area contributed by atoms with Gasteiger partial charge in [0.1, 0.15) is 5.84 Å². The van der Waals surface area contributed by atoms with Gasteiger partial charge in [-0.15, -0.1) is 11.3 Å². The number of aryl methyl sites for hydroxylation is 1. The second-order valence-corrected chi connectivity index (χ2v) is 14.6. The van der Waals surface area contributed by atoms with Crippen LogP contribution in [0.1, 0.15) is 41.1 Å². The van der Waals surface area contributed by atoms with E-state index in [-0.39, 0.29) is 6.04 Å². The van der Waals surface area contributed by atoms with Crippen molar-refractivity contribution >= 4 is 75.6 Å². The molecule has 0 bridgehead atoms. The van der Waals surface area contributed by atoms with Gasteiger partial charge in [-0.1, -0.05) is 128 Å². The molecule has 1 aliphatic rings. The molecule has 1 aliphatic heterocycles. The van der Waals surface area contributed by atoms with Gasteiger partial charge < -0.3 is 9.88 Å². The highest BCUT2D eigenvalue weighted by molar-refractivity contribution is 7.26. The Kier molecular flexibility index (Phi) is 7.10. The monoisotopic (exact) mass is 673 g/mol. The fourth-order valence-corrected chi connectivity index (χ4v) is 9.37. The molecule has 2 aromatic heterocycles. The molecule has 0 fully saturated rings. The van der Waals surface area contributed by atoms with Gasteiger partial charge >= 0.3 is 0 Å². The van der Waals surface area contributed by atoms with Crippen molar-refractivity contribution in [3.63, 3.8) is 0 Å². The van der Waals surface area contributed by atoms with Crippen LogP contribution in [0.3, 0.4) is 0 Å². The second kappa shape index (κ2) is 12.1. The quantitative estimate of drug-likeness (QED) is 0.194. The number of aromatic nitrogens is 1. The molecule has 51 heavy (non-hydrogen) atoms. The van der Waals surface area contributed by atoms with Crippen molar-refractivity contribution in [2.24, 2.45) is 4.99 Å². The number of fused-ring (bicyclic) bond motifs is 9. The van der Waals surface area contributed by atoms with Crippen LogP contribution in [0.25, 0.3) is 64.1 Å². The Bertz CT molecular complexity index is 2840. The number of para-hydroxylation sites is 2. The van der Waals surface area contributed by atoms with Gasteiger partial charge in [-0.25, -0.2) is 4.99 Å². The van der Waals surface area contributed by atoms with E-state index in [1.54, 1.807) is 0 Å². The van der Waals surface area contributed by atoms with Gasteiger partial charge in [0.05, 0.1) is 28.5 Å². The summed E-state index contributed by atoms with van der Waals surface area (Å²) in [6, 6.07) is 55.1. The number of hydrogen-bond donors (Lipinski definition) is 1. The second-order valence-electron chi connectivity index (χ2n) is 13.6. The number of thiophene rings is 1. The van der Waals surface area contributed by atoms with Gasteiger partial charge in [0, 0.05) is 42.1 Å². The third-order valence-corrected chi connectivity index (χ3v) is 11.8. The van der Waals surface area contributed by atoms with Crippen molar-refractivity contribution < 1.29 is 0 Å². The summed E-state index contributed by atoms with van der Waals surface area (Å²) in [6.07, 6.45) is 2.92. The van der Waals surface area contributed by atoms with E-state index in [9.17, 15) is 0 Å². The van der Waals surface area contributed by atoms with E-state index in [2.05, 4.69) is 162 Å². The van der Waals surface area contributed by atoms with Crippen molar-refractivity contribution in [3.05, 3.63) is 180 Å². The number of benzene rings is 7. The minimum absolute atomic E-state index is 0.0595. The van der Waals surface area contributed by atoms with Crippen LogP contribution in [-0.2, 0) is 6.42 Å². The van der Waals surface area contributed by atoms with Gasteiger partial charge in [0.15, 0.2) is 0 Å². The van der Waals surface area contributed by atoms with Crippen LogP contribution in [0.15, 0.2) is 163 Å². The van der Waals surface area contributed by atoms with Crippen LogP contribution < -0.4 is 5.32 Å². The molecule has 1 N–H and O–H groups in total. The van der Waals surface area contributed by atoms with Crippen molar-refractivity contribution in [1.82, 2.24) is 9.88 Å². The Morgan fingerprint density at radius 3 is 2.24 bits per heavy atom. The lowest BCUT2D eigenvalue weighted by Gasteiger charge is -2.23. The molecule has 7 aromatic carbocycles. The zero-order chi connectivity index (χ0) is 33.9. The number of rotatable bonds is 2. The molecule has 0 amide bonds. The Balaban J connectivity index is 1.28. The molecule has 0 spiro atoms. The van der Waals surface area contributed by atoms with Crippen LogP contribution in [0.2, 0.25) is 0 Å². The predicted octanol–water partition coefficient (Wildman–Crippen LogP) is 12.4. The lowest BCUT2D eigenvalue weighted by atomic mass is 9.97. The Morgan fingerprint density at radius 2 is 1.35 bits per heavy atom. The summed E-state index contributed by atoms with van der Waals surface area (Å²) >= 11 is 1.84. The lowest BCUT2D eigenvalue weighted by Crippen LogP contribution is -2.29. The topological polar surface area (TPSA) is 29.3 Å².